The van der Waals surface area contributed by atoms with Gasteiger partial charge in [-0.2, -0.15) is 0 Å². The Hall–Kier alpha value is -0.160. The molecule has 4 nitrogen and oxygen atoms in total. The standard InChI is InChI=1S/C14H28N2O2/c1-2-16-7-8-18-14(11-16)10-15-9-12-3-5-13(17)6-4-12/h12-15,17H,2-11H2,1H3. The highest BCUT2D eigenvalue weighted by molar-refractivity contribution is 4.76. The number of rotatable bonds is 5. The summed E-state index contributed by atoms with van der Waals surface area (Å²) in [5.74, 6) is 0.749. The number of ether oxygens (including phenoxy) is 1. The molecule has 0 amide bonds. The molecule has 1 atom stereocenters. The molecule has 0 bridgehead atoms. The predicted octanol–water partition coefficient (Wildman–Crippen LogP) is 0.848. The van der Waals surface area contributed by atoms with Crippen LogP contribution >= 0.6 is 0 Å². The summed E-state index contributed by atoms with van der Waals surface area (Å²) < 4.78 is 5.77. The molecule has 0 spiro atoms. The second kappa shape index (κ2) is 7.43. The highest BCUT2D eigenvalue weighted by Crippen LogP contribution is 2.23. The van der Waals surface area contributed by atoms with Crippen LogP contribution in [0.5, 0.6) is 0 Å². The molecule has 1 saturated heterocycles. The van der Waals surface area contributed by atoms with E-state index in [0.29, 0.717) is 6.10 Å². The monoisotopic (exact) mass is 256 g/mol. The predicted molar refractivity (Wildman–Crippen MR) is 72.7 cm³/mol. The Bertz CT molecular complexity index is 230. The first-order chi connectivity index (χ1) is 8.78. The number of nitrogens with zero attached hydrogens (tertiary/aromatic N) is 1. The Morgan fingerprint density at radius 3 is 2.72 bits per heavy atom. The summed E-state index contributed by atoms with van der Waals surface area (Å²) in [4.78, 5) is 2.45. The van der Waals surface area contributed by atoms with E-state index in [1.54, 1.807) is 0 Å². The molecule has 106 valence electrons. The van der Waals surface area contributed by atoms with Crippen molar-refractivity contribution in [3.8, 4) is 0 Å². The van der Waals surface area contributed by atoms with Gasteiger partial charge in [0.25, 0.3) is 0 Å². The summed E-state index contributed by atoms with van der Waals surface area (Å²) >= 11 is 0. The van der Waals surface area contributed by atoms with Crippen molar-refractivity contribution in [1.29, 1.82) is 0 Å². The minimum Gasteiger partial charge on any atom is -0.393 e. The number of likely N-dealkylation sites (N-methyl/N-ethyl adjacent to an activating group) is 1. The molecule has 2 fully saturated rings. The number of aliphatic hydroxyl groups is 1. The van der Waals surface area contributed by atoms with Crippen molar-refractivity contribution in [2.24, 2.45) is 5.92 Å². The minimum atomic E-state index is -0.0407. The third kappa shape index (κ3) is 4.50. The molecule has 2 rings (SSSR count). The Morgan fingerprint density at radius 1 is 1.22 bits per heavy atom. The fourth-order valence-electron chi connectivity index (χ4n) is 2.99. The van der Waals surface area contributed by atoms with Crippen LogP contribution in [0.25, 0.3) is 0 Å². The lowest BCUT2D eigenvalue weighted by atomic mass is 9.87. The van der Waals surface area contributed by atoms with Gasteiger partial charge in [-0.15, -0.1) is 0 Å². The fourth-order valence-corrected chi connectivity index (χ4v) is 2.99. The van der Waals surface area contributed by atoms with Gasteiger partial charge in [-0.1, -0.05) is 6.92 Å². The van der Waals surface area contributed by atoms with E-state index in [9.17, 15) is 5.11 Å². The molecule has 2 aliphatic rings. The van der Waals surface area contributed by atoms with Gasteiger partial charge >= 0.3 is 0 Å². The van der Waals surface area contributed by atoms with Crippen molar-refractivity contribution >= 4 is 0 Å². The molecule has 4 heteroatoms. The normalized spacial score (nSPS) is 34.7. The van der Waals surface area contributed by atoms with Crippen LogP contribution in [-0.2, 0) is 4.74 Å². The quantitative estimate of drug-likeness (QED) is 0.765. The molecule has 1 unspecified atom stereocenters. The highest BCUT2D eigenvalue weighted by atomic mass is 16.5. The van der Waals surface area contributed by atoms with Crippen LogP contribution in [0.15, 0.2) is 0 Å². The van der Waals surface area contributed by atoms with E-state index in [1.807, 2.05) is 0 Å². The Labute approximate surface area is 111 Å². The fraction of sp³-hybridized carbons (Fsp3) is 1.00. The Morgan fingerprint density at radius 2 is 2.00 bits per heavy atom. The molecule has 2 N–H and O–H groups in total. The topological polar surface area (TPSA) is 44.7 Å². The second-order valence-corrected chi connectivity index (χ2v) is 5.72. The van der Waals surface area contributed by atoms with Crippen molar-refractivity contribution in [1.82, 2.24) is 10.2 Å². The number of morpholine rings is 1. The first-order valence-corrected chi connectivity index (χ1v) is 7.50. The van der Waals surface area contributed by atoms with Gasteiger partial charge in [0.2, 0.25) is 0 Å². The van der Waals surface area contributed by atoms with E-state index < -0.39 is 0 Å². The number of nitrogens with one attached hydrogen (secondary N) is 1. The van der Waals surface area contributed by atoms with Gasteiger partial charge in [-0.3, -0.25) is 4.90 Å². The zero-order valence-corrected chi connectivity index (χ0v) is 11.6. The van der Waals surface area contributed by atoms with E-state index in [0.717, 1.165) is 58.1 Å². The number of hydrogen-bond acceptors (Lipinski definition) is 4. The van der Waals surface area contributed by atoms with Crippen molar-refractivity contribution in [2.75, 3.05) is 39.3 Å². The van der Waals surface area contributed by atoms with Gasteiger partial charge in [-0.25, -0.2) is 0 Å². The molecule has 1 heterocycles. The molecule has 1 aliphatic heterocycles. The third-order valence-electron chi connectivity index (χ3n) is 4.29. The molecule has 0 radical (unpaired) electrons. The molecule has 0 aromatic carbocycles. The summed E-state index contributed by atoms with van der Waals surface area (Å²) in [6.07, 6.45) is 4.61. The Balaban J connectivity index is 1.57. The van der Waals surface area contributed by atoms with Gasteiger partial charge in [0.1, 0.15) is 0 Å². The summed E-state index contributed by atoms with van der Waals surface area (Å²) in [6, 6.07) is 0. The van der Waals surface area contributed by atoms with Crippen LogP contribution < -0.4 is 5.32 Å². The lowest BCUT2D eigenvalue weighted by Gasteiger charge is -2.33. The maximum atomic E-state index is 9.47. The average Bonchev–Trinajstić information content (AvgIpc) is 2.41. The zero-order valence-electron chi connectivity index (χ0n) is 11.6. The Kier molecular flexibility index (Phi) is 5.89. The van der Waals surface area contributed by atoms with Crippen LogP contribution in [0.2, 0.25) is 0 Å². The summed E-state index contributed by atoms with van der Waals surface area (Å²) in [5.41, 5.74) is 0. The van der Waals surface area contributed by atoms with E-state index >= 15 is 0 Å². The maximum Gasteiger partial charge on any atom is 0.0826 e. The van der Waals surface area contributed by atoms with Gasteiger partial charge in [0, 0.05) is 19.6 Å². The van der Waals surface area contributed by atoms with Crippen molar-refractivity contribution < 1.29 is 9.84 Å². The SMILES string of the molecule is CCN1CCOC(CNCC2CCC(O)CC2)C1. The van der Waals surface area contributed by atoms with Gasteiger partial charge in [-0.05, 0) is 44.7 Å². The lowest BCUT2D eigenvalue weighted by molar-refractivity contribution is -0.0258. The summed E-state index contributed by atoms with van der Waals surface area (Å²) in [5, 5.41) is 13.0. The maximum absolute atomic E-state index is 9.47. The number of hydrogen-bond donors (Lipinski definition) is 2. The van der Waals surface area contributed by atoms with E-state index in [-0.39, 0.29) is 6.10 Å². The summed E-state index contributed by atoms with van der Waals surface area (Å²) in [6.45, 7) is 8.40. The second-order valence-electron chi connectivity index (χ2n) is 5.72. The van der Waals surface area contributed by atoms with Gasteiger partial charge in [0.15, 0.2) is 0 Å². The molecule has 1 saturated carbocycles. The minimum absolute atomic E-state index is 0.0407. The zero-order chi connectivity index (χ0) is 12.8. The van der Waals surface area contributed by atoms with Crippen LogP contribution in [0.3, 0.4) is 0 Å². The molecule has 18 heavy (non-hydrogen) atoms. The smallest absolute Gasteiger partial charge is 0.0826 e. The number of aliphatic hydroxyl groups excluding tert-OH is 1. The van der Waals surface area contributed by atoms with Crippen LogP contribution in [0.1, 0.15) is 32.6 Å². The first kappa shape index (κ1) is 14.3. The largest absolute Gasteiger partial charge is 0.393 e. The summed E-state index contributed by atoms with van der Waals surface area (Å²) in [7, 11) is 0. The van der Waals surface area contributed by atoms with Crippen molar-refractivity contribution in [3.63, 3.8) is 0 Å². The molecule has 0 aromatic heterocycles. The third-order valence-corrected chi connectivity index (χ3v) is 4.29. The molecule has 0 aromatic rings. The lowest BCUT2D eigenvalue weighted by Crippen LogP contribution is -2.47. The van der Waals surface area contributed by atoms with Gasteiger partial charge in [0.05, 0.1) is 18.8 Å². The van der Waals surface area contributed by atoms with E-state index in [2.05, 4.69) is 17.1 Å². The first-order valence-electron chi connectivity index (χ1n) is 7.50. The van der Waals surface area contributed by atoms with Gasteiger partial charge < -0.3 is 15.2 Å². The average molecular weight is 256 g/mol. The van der Waals surface area contributed by atoms with Crippen LogP contribution in [-0.4, -0.2) is 61.5 Å². The van der Waals surface area contributed by atoms with E-state index in [1.165, 1.54) is 12.8 Å². The van der Waals surface area contributed by atoms with Crippen LogP contribution in [0, 0.1) is 5.92 Å². The molecular weight excluding hydrogens is 228 g/mol. The van der Waals surface area contributed by atoms with E-state index in [4.69, 9.17) is 4.74 Å². The van der Waals surface area contributed by atoms with Crippen molar-refractivity contribution in [3.05, 3.63) is 0 Å². The van der Waals surface area contributed by atoms with Crippen molar-refractivity contribution in [2.45, 2.75) is 44.8 Å². The molecule has 1 aliphatic carbocycles. The molecular formula is C14H28N2O2. The van der Waals surface area contributed by atoms with Crippen LogP contribution in [0.4, 0.5) is 0 Å². The highest BCUT2D eigenvalue weighted by Gasteiger charge is 2.21.